The van der Waals surface area contributed by atoms with E-state index in [1.807, 2.05) is 0 Å². The summed E-state index contributed by atoms with van der Waals surface area (Å²) in [4.78, 5) is 9.45. The van der Waals surface area contributed by atoms with Crippen molar-refractivity contribution in [2.24, 2.45) is 5.73 Å². The fourth-order valence-electron chi connectivity index (χ4n) is 0.202. The molecule has 0 atom stereocenters. The maximum Gasteiger partial charge on any atom is 0.310 e. The minimum Gasteiger partial charge on any atom is -0.481 e. The standard InChI is InChI=1S/C3H5F2NO2/c4-3(5,6)1-2(7)8/h1,6H2,(H,7,8). The number of halogens is 2. The van der Waals surface area contributed by atoms with E-state index in [0.29, 0.717) is 0 Å². The quantitative estimate of drug-likeness (QED) is 0.511. The summed E-state index contributed by atoms with van der Waals surface area (Å²) in [5.74, 6) is -1.60. The van der Waals surface area contributed by atoms with Crippen molar-refractivity contribution < 1.29 is 18.7 Å². The Morgan fingerprint density at radius 2 is 2.12 bits per heavy atom. The number of aliphatic carboxylic acids is 1. The van der Waals surface area contributed by atoms with Gasteiger partial charge < -0.3 is 5.11 Å². The third-order valence-electron chi connectivity index (χ3n) is 0.387. The van der Waals surface area contributed by atoms with E-state index >= 15 is 0 Å². The molecule has 0 fully saturated rings. The van der Waals surface area contributed by atoms with Crippen molar-refractivity contribution in [2.75, 3.05) is 0 Å². The summed E-state index contributed by atoms with van der Waals surface area (Å²) in [5.41, 5.74) is 4.02. The van der Waals surface area contributed by atoms with Crippen LogP contribution in [0.3, 0.4) is 0 Å². The minimum atomic E-state index is -3.58. The molecule has 0 bridgehead atoms. The Hall–Kier alpha value is -0.710. The minimum absolute atomic E-state index is 1.31. The van der Waals surface area contributed by atoms with Crippen molar-refractivity contribution in [1.29, 1.82) is 0 Å². The van der Waals surface area contributed by atoms with E-state index < -0.39 is 18.4 Å². The molecule has 0 saturated heterocycles. The Kier molecular flexibility index (Phi) is 1.86. The summed E-state index contributed by atoms with van der Waals surface area (Å²) in [7, 11) is 0. The van der Waals surface area contributed by atoms with Gasteiger partial charge in [-0.3, -0.25) is 10.5 Å². The summed E-state index contributed by atoms with van der Waals surface area (Å²) in [6, 6.07) is -3.58. The van der Waals surface area contributed by atoms with Crippen molar-refractivity contribution >= 4 is 5.97 Å². The van der Waals surface area contributed by atoms with Gasteiger partial charge in [-0.05, 0) is 0 Å². The number of alkyl halides is 2. The van der Waals surface area contributed by atoms with Crippen LogP contribution in [-0.4, -0.2) is 17.1 Å². The number of hydrogen-bond acceptors (Lipinski definition) is 2. The van der Waals surface area contributed by atoms with Crippen LogP contribution in [0.5, 0.6) is 0 Å². The number of rotatable bonds is 2. The molecule has 0 rings (SSSR count). The lowest BCUT2D eigenvalue weighted by Gasteiger charge is -2.03. The number of hydrogen-bond donors (Lipinski definition) is 2. The van der Waals surface area contributed by atoms with Crippen LogP contribution >= 0.6 is 0 Å². The normalized spacial score (nSPS) is 11.4. The number of carboxylic acid groups (broad SMARTS) is 1. The molecule has 48 valence electrons. The second-order valence-electron chi connectivity index (χ2n) is 1.33. The monoisotopic (exact) mass is 125 g/mol. The highest BCUT2D eigenvalue weighted by molar-refractivity contribution is 5.67. The van der Waals surface area contributed by atoms with Gasteiger partial charge in [0.05, 0.1) is 0 Å². The summed E-state index contributed by atoms with van der Waals surface area (Å²) in [6.07, 6.45) is -1.31. The molecule has 0 aliphatic rings. The van der Waals surface area contributed by atoms with Gasteiger partial charge in [0, 0.05) is 0 Å². The van der Waals surface area contributed by atoms with E-state index in [-0.39, 0.29) is 0 Å². The van der Waals surface area contributed by atoms with Gasteiger partial charge in [-0.25, -0.2) is 0 Å². The molecule has 0 aromatic carbocycles. The molecule has 3 nitrogen and oxygen atoms in total. The molecule has 0 aromatic rings. The van der Waals surface area contributed by atoms with Crippen LogP contribution < -0.4 is 5.73 Å². The zero-order chi connectivity index (χ0) is 6.78. The van der Waals surface area contributed by atoms with Gasteiger partial charge in [0.15, 0.2) is 0 Å². The van der Waals surface area contributed by atoms with Crippen molar-refractivity contribution in [2.45, 2.75) is 12.5 Å². The number of carbonyl (C=O) groups is 1. The molecule has 8 heavy (non-hydrogen) atoms. The Morgan fingerprint density at radius 3 is 2.12 bits per heavy atom. The van der Waals surface area contributed by atoms with Crippen LogP contribution in [-0.2, 0) is 4.79 Å². The third kappa shape index (κ3) is 5.29. The zero-order valence-electron chi connectivity index (χ0n) is 3.90. The SMILES string of the molecule is NC(F)(F)CC(=O)O. The van der Waals surface area contributed by atoms with Gasteiger partial charge in [-0.2, -0.15) is 8.78 Å². The van der Waals surface area contributed by atoms with Crippen LogP contribution in [0.15, 0.2) is 0 Å². The smallest absolute Gasteiger partial charge is 0.310 e. The van der Waals surface area contributed by atoms with E-state index in [4.69, 9.17) is 5.11 Å². The second-order valence-corrected chi connectivity index (χ2v) is 1.33. The molecule has 3 N–H and O–H groups in total. The predicted molar refractivity (Wildman–Crippen MR) is 21.4 cm³/mol. The average Bonchev–Trinajstić information content (AvgIpc) is 1.21. The lowest BCUT2D eigenvalue weighted by atomic mass is 10.4. The first-order chi connectivity index (χ1) is 3.42. The van der Waals surface area contributed by atoms with Crippen LogP contribution in [0.2, 0.25) is 0 Å². The average molecular weight is 125 g/mol. The zero-order valence-corrected chi connectivity index (χ0v) is 3.90. The van der Waals surface area contributed by atoms with Gasteiger partial charge in [0.2, 0.25) is 0 Å². The van der Waals surface area contributed by atoms with E-state index in [2.05, 4.69) is 5.73 Å². The Labute approximate surface area is 44.1 Å². The first kappa shape index (κ1) is 7.29. The van der Waals surface area contributed by atoms with Crippen molar-refractivity contribution in [1.82, 2.24) is 0 Å². The Morgan fingerprint density at radius 1 is 1.75 bits per heavy atom. The molecule has 0 aromatic heterocycles. The summed E-state index contributed by atoms with van der Waals surface area (Å²) < 4.78 is 22.7. The highest BCUT2D eigenvalue weighted by Crippen LogP contribution is 2.08. The molecule has 0 saturated carbocycles. The maximum absolute atomic E-state index is 11.4. The lowest BCUT2D eigenvalue weighted by Crippen LogP contribution is -2.31. The van der Waals surface area contributed by atoms with Crippen molar-refractivity contribution in [3.8, 4) is 0 Å². The maximum atomic E-state index is 11.4. The Bertz CT molecular complexity index is 97.9. The van der Waals surface area contributed by atoms with E-state index in [1.165, 1.54) is 0 Å². The molecular weight excluding hydrogens is 120 g/mol. The molecule has 0 spiro atoms. The van der Waals surface area contributed by atoms with Crippen LogP contribution in [0.1, 0.15) is 6.42 Å². The number of nitrogens with two attached hydrogens (primary N) is 1. The molecule has 5 heteroatoms. The van der Waals surface area contributed by atoms with Gasteiger partial charge in [0.1, 0.15) is 6.42 Å². The lowest BCUT2D eigenvalue weighted by molar-refractivity contribution is -0.144. The van der Waals surface area contributed by atoms with Crippen LogP contribution in [0.4, 0.5) is 8.78 Å². The molecule has 0 heterocycles. The molecular formula is C3H5F2NO2. The molecule has 0 unspecified atom stereocenters. The third-order valence-corrected chi connectivity index (χ3v) is 0.387. The summed E-state index contributed by atoms with van der Waals surface area (Å²) in [5, 5.41) is 7.69. The molecule has 0 radical (unpaired) electrons. The highest BCUT2D eigenvalue weighted by Gasteiger charge is 2.25. The van der Waals surface area contributed by atoms with E-state index in [0.717, 1.165) is 0 Å². The number of carboxylic acids is 1. The summed E-state index contributed by atoms with van der Waals surface area (Å²) in [6.45, 7) is 0. The fraction of sp³-hybridized carbons (Fsp3) is 0.667. The largest absolute Gasteiger partial charge is 0.481 e. The topological polar surface area (TPSA) is 63.3 Å². The van der Waals surface area contributed by atoms with E-state index in [1.54, 1.807) is 0 Å². The van der Waals surface area contributed by atoms with Crippen molar-refractivity contribution in [3.05, 3.63) is 0 Å². The fourth-order valence-corrected chi connectivity index (χ4v) is 0.202. The van der Waals surface area contributed by atoms with Crippen LogP contribution in [0, 0.1) is 0 Å². The van der Waals surface area contributed by atoms with Gasteiger partial charge in [-0.1, -0.05) is 0 Å². The Balaban J connectivity index is 3.55. The van der Waals surface area contributed by atoms with Crippen molar-refractivity contribution in [3.63, 3.8) is 0 Å². The van der Waals surface area contributed by atoms with Gasteiger partial charge in [-0.15, -0.1) is 0 Å². The van der Waals surface area contributed by atoms with Gasteiger partial charge in [0.25, 0.3) is 0 Å². The summed E-state index contributed by atoms with van der Waals surface area (Å²) >= 11 is 0. The first-order valence-electron chi connectivity index (χ1n) is 1.80. The molecule has 0 amide bonds. The molecule has 0 aliphatic carbocycles. The van der Waals surface area contributed by atoms with Crippen LogP contribution in [0.25, 0.3) is 0 Å². The first-order valence-corrected chi connectivity index (χ1v) is 1.80. The molecule has 0 aliphatic heterocycles. The van der Waals surface area contributed by atoms with E-state index in [9.17, 15) is 13.6 Å². The highest BCUT2D eigenvalue weighted by atomic mass is 19.3. The predicted octanol–water partition coefficient (Wildman–Crippen LogP) is 0.0126. The van der Waals surface area contributed by atoms with Gasteiger partial charge >= 0.3 is 12.0 Å². The second kappa shape index (κ2) is 2.04.